The number of nitrogens with zero attached hydrogens (tertiary/aromatic N) is 5. The highest BCUT2D eigenvalue weighted by Gasteiger charge is 2.38. The van der Waals surface area contributed by atoms with E-state index < -0.39 is 23.4 Å². The molecule has 13 heteroatoms. The van der Waals surface area contributed by atoms with Crippen LogP contribution in [0.1, 0.15) is 46.1 Å². The number of piperazine rings is 1. The third kappa shape index (κ3) is 7.45. The van der Waals surface area contributed by atoms with Gasteiger partial charge in [0.05, 0.1) is 5.69 Å². The van der Waals surface area contributed by atoms with Crippen molar-refractivity contribution >= 4 is 23.8 Å². The fourth-order valence-electron chi connectivity index (χ4n) is 5.64. The summed E-state index contributed by atoms with van der Waals surface area (Å²) in [6.07, 6.45) is 2.52. The molecule has 0 radical (unpaired) electrons. The van der Waals surface area contributed by atoms with Crippen molar-refractivity contribution in [1.82, 2.24) is 29.6 Å². The number of amides is 4. The van der Waals surface area contributed by atoms with Crippen LogP contribution < -0.4 is 22.1 Å². The van der Waals surface area contributed by atoms with Gasteiger partial charge >= 0.3 is 17.8 Å². The molecule has 1 aromatic carbocycles. The third-order valence-electron chi connectivity index (χ3n) is 8.16. The van der Waals surface area contributed by atoms with E-state index in [1.165, 1.54) is 28.9 Å². The van der Waals surface area contributed by atoms with Crippen LogP contribution in [0.3, 0.4) is 0 Å². The quantitative estimate of drug-likeness (QED) is 0.384. The summed E-state index contributed by atoms with van der Waals surface area (Å²) in [5.74, 6) is 0.353. The monoisotopic (exact) mass is 582 g/mol. The average molecular weight is 583 g/mol. The van der Waals surface area contributed by atoms with Crippen LogP contribution in [0, 0.1) is 5.92 Å². The minimum Gasteiger partial charge on any atom is -0.465 e. The number of piperidine rings is 1. The first-order valence-corrected chi connectivity index (χ1v) is 14.4. The lowest BCUT2D eigenvalue weighted by Gasteiger charge is -2.42. The molecule has 1 aromatic heterocycles. The first-order valence-electron chi connectivity index (χ1n) is 14.4. The maximum Gasteiger partial charge on any atom is 0.405 e. The Morgan fingerprint density at radius 3 is 2.33 bits per heavy atom. The lowest BCUT2D eigenvalue weighted by atomic mass is 9.91. The van der Waals surface area contributed by atoms with Crippen molar-refractivity contribution in [2.24, 2.45) is 11.7 Å². The van der Waals surface area contributed by atoms with Gasteiger partial charge in [0.1, 0.15) is 11.4 Å². The van der Waals surface area contributed by atoms with Gasteiger partial charge in [0, 0.05) is 44.5 Å². The molecule has 0 unspecified atom stereocenters. The van der Waals surface area contributed by atoms with Crippen molar-refractivity contribution in [3.8, 4) is 5.69 Å². The van der Waals surface area contributed by atoms with E-state index >= 15 is 0 Å². The first-order chi connectivity index (χ1) is 19.8. The molecular weight excluding hydrogens is 540 g/mol. The number of carboxylic acid groups (broad SMARTS) is 1. The molecule has 13 nitrogen and oxygen atoms in total. The molecule has 2 aliphatic heterocycles. The van der Waals surface area contributed by atoms with Crippen LogP contribution in [0.25, 0.3) is 5.69 Å². The number of anilines is 1. The zero-order valence-corrected chi connectivity index (χ0v) is 24.7. The fourth-order valence-corrected chi connectivity index (χ4v) is 5.64. The number of carbonyl (C=O) groups excluding carboxylic acids is 2. The van der Waals surface area contributed by atoms with Gasteiger partial charge in [-0.15, -0.1) is 0 Å². The Balaban J connectivity index is 1.31. The summed E-state index contributed by atoms with van der Waals surface area (Å²) in [6, 6.07) is 8.84. The van der Waals surface area contributed by atoms with E-state index in [2.05, 4.69) is 27.4 Å². The van der Waals surface area contributed by atoms with Gasteiger partial charge in [0.15, 0.2) is 0 Å². The summed E-state index contributed by atoms with van der Waals surface area (Å²) in [6.45, 7) is 10.5. The van der Waals surface area contributed by atoms with Gasteiger partial charge in [-0.25, -0.2) is 14.4 Å². The van der Waals surface area contributed by atoms with E-state index in [1.807, 2.05) is 24.3 Å². The molecule has 3 heterocycles. The SMILES string of the molecule is C[C@H](N)C1CCN(Cc2ccc(-n3ccc(NC(=O)N4CCN(C(=O)C(C)(C)NC(=O)O)[C@H](C)C4)nc3=O)cc2)CC1. The molecule has 0 aliphatic carbocycles. The summed E-state index contributed by atoms with van der Waals surface area (Å²) in [5.41, 5.74) is 6.09. The van der Waals surface area contributed by atoms with Gasteiger partial charge < -0.3 is 26.0 Å². The molecule has 0 saturated carbocycles. The highest BCUT2D eigenvalue weighted by molar-refractivity contribution is 5.90. The maximum absolute atomic E-state index is 12.9. The zero-order chi connectivity index (χ0) is 30.6. The molecule has 0 bridgehead atoms. The molecule has 2 fully saturated rings. The van der Waals surface area contributed by atoms with Gasteiger partial charge in [-0.05, 0) is 83.3 Å². The number of likely N-dealkylation sites (tertiary alicyclic amines) is 1. The zero-order valence-electron chi connectivity index (χ0n) is 24.7. The molecule has 0 spiro atoms. The van der Waals surface area contributed by atoms with E-state index in [1.54, 1.807) is 24.1 Å². The van der Waals surface area contributed by atoms with Crippen molar-refractivity contribution in [2.75, 3.05) is 38.0 Å². The second-order valence-corrected chi connectivity index (χ2v) is 11.9. The lowest BCUT2D eigenvalue weighted by molar-refractivity contribution is -0.140. The number of aromatic nitrogens is 2. The van der Waals surface area contributed by atoms with Crippen molar-refractivity contribution in [3.05, 3.63) is 52.6 Å². The molecule has 2 atom stereocenters. The minimum absolute atomic E-state index is 0.131. The summed E-state index contributed by atoms with van der Waals surface area (Å²) < 4.78 is 1.42. The normalized spacial score (nSPS) is 19.3. The van der Waals surface area contributed by atoms with E-state index in [4.69, 9.17) is 10.8 Å². The Kier molecular flexibility index (Phi) is 9.52. The molecule has 42 heavy (non-hydrogen) atoms. The van der Waals surface area contributed by atoms with E-state index in [-0.39, 0.29) is 43.4 Å². The lowest BCUT2D eigenvalue weighted by Crippen LogP contribution is -2.63. The van der Waals surface area contributed by atoms with Gasteiger partial charge in [-0.2, -0.15) is 4.98 Å². The Morgan fingerprint density at radius 1 is 1.10 bits per heavy atom. The van der Waals surface area contributed by atoms with Gasteiger partial charge in [0.2, 0.25) is 5.91 Å². The third-order valence-corrected chi connectivity index (χ3v) is 8.16. The first kappa shape index (κ1) is 31.0. The predicted octanol–water partition coefficient (Wildman–Crippen LogP) is 1.90. The van der Waals surface area contributed by atoms with Crippen LogP contribution in [0.15, 0.2) is 41.3 Å². The Labute approximate surface area is 245 Å². The second kappa shape index (κ2) is 12.9. The minimum atomic E-state index is -1.29. The molecule has 4 rings (SSSR count). The summed E-state index contributed by atoms with van der Waals surface area (Å²) in [7, 11) is 0. The Hall–Kier alpha value is -3.97. The standard InChI is InChI=1S/C29H42N8O5/c1-19-17-35(15-16-36(19)25(38)29(3,4)33-28(41)42)26(39)31-24-11-14-37(27(40)32-24)23-7-5-21(6-8-23)18-34-12-9-22(10-13-34)20(2)30/h5-8,11,14,19-20,22,33H,9-10,12-13,15-18,30H2,1-4H3,(H,41,42)(H,31,32,39,40)/t19-,20+/m1/s1. The van der Waals surface area contributed by atoms with Gasteiger partial charge in [-0.3, -0.25) is 19.6 Å². The van der Waals surface area contributed by atoms with E-state index in [0.717, 1.165) is 32.5 Å². The Bertz CT molecular complexity index is 1330. The van der Waals surface area contributed by atoms with Crippen LogP contribution in [0.5, 0.6) is 0 Å². The topological polar surface area (TPSA) is 166 Å². The summed E-state index contributed by atoms with van der Waals surface area (Å²) in [4.78, 5) is 59.2. The van der Waals surface area contributed by atoms with Crippen LogP contribution in [0.2, 0.25) is 0 Å². The molecule has 228 valence electrons. The van der Waals surface area contributed by atoms with Crippen LogP contribution in [0.4, 0.5) is 15.4 Å². The molecule has 2 aliphatic rings. The van der Waals surface area contributed by atoms with Crippen molar-refractivity contribution in [1.29, 1.82) is 0 Å². The highest BCUT2D eigenvalue weighted by Crippen LogP contribution is 2.22. The largest absolute Gasteiger partial charge is 0.465 e. The van der Waals surface area contributed by atoms with Gasteiger partial charge in [-0.1, -0.05) is 12.1 Å². The number of rotatable bonds is 7. The number of urea groups is 1. The second-order valence-electron chi connectivity index (χ2n) is 11.9. The van der Waals surface area contributed by atoms with Crippen LogP contribution >= 0.6 is 0 Å². The number of nitrogens with two attached hydrogens (primary N) is 1. The molecular formula is C29H42N8O5. The summed E-state index contributed by atoms with van der Waals surface area (Å²) in [5, 5.41) is 13.9. The maximum atomic E-state index is 12.9. The molecule has 2 saturated heterocycles. The molecule has 2 aromatic rings. The van der Waals surface area contributed by atoms with Crippen LogP contribution in [-0.2, 0) is 11.3 Å². The van der Waals surface area contributed by atoms with E-state index in [9.17, 15) is 19.2 Å². The molecule has 5 N–H and O–H groups in total. The van der Waals surface area contributed by atoms with Crippen molar-refractivity contribution < 1.29 is 19.5 Å². The highest BCUT2D eigenvalue weighted by atomic mass is 16.4. The number of nitrogens with one attached hydrogen (secondary N) is 2. The van der Waals surface area contributed by atoms with Crippen LogP contribution in [-0.4, -0.2) is 97.7 Å². The fraction of sp³-hybridized carbons (Fsp3) is 0.552. The molecule has 4 amide bonds. The number of carbonyl (C=O) groups is 3. The number of hydrogen-bond donors (Lipinski definition) is 4. The van der Waals surface area contributed by atoms with Crippen molar-refractivity contribution in [3.63, 3.8) is 0 Å². The summed E-state index contributed by atoms with van der Waals surface area (Å²) >= 11 is 0. The number of hydrogen-bond acceptors (Lipinski definition) is 7. The Morgan fingerprint density at radius 2 is 1.76 bits per heavy atom. The average Bonchev–Trinajstić information content (AvgIpc) is 2.93. The van der Waals surface area contributed by atoms with E-state index in [0.29, 0.717) is 11.6 Å². The van der Waals surface area contributed by atoms with Crippen molar-refractivity contribution in [2.45, 2.75) is 64.7 Å². The predicted molar refractivity (Wildman–Crippen MR) is 158 cm³/mol. The smallest absolute Gasteiger partial charge is 0.405 e. The van der Waals surface area contributed by atoms with Gasteiger partial charge in [0.25, 0.3) is 0 Å². The number of benzene rings is 1.